The van der Waals surface area contributed by atoms with E-state index in [2.05, 4.69) is 6.26 Å². The minimum Gasteiger partial charge on any atom is -0.0484 e. The fraction of sp³-hybridized carbons (Fsp3) is 1.00. The van der Waals surface area contributed by atoms with Crippen LogP contribution in [-0.4, -0.2) is 11.5 Å². The molecule has 1 aliphatic rings. The van der Waals surface area contributed by atoms with Crippen molar-refractivity contribution in [3.05, 3.63) is 0 Å². The molecule has 0 N–H and O–H groups in total. The lowest BCUT2D eigenvalue weighted by atomic mass is 10.4. The van der Waals surface area contributed by atoms with Gasteiger partial charge >= 0.3 is 0 Å². The van der Waals surface area contributed by atoms with Crippen molar-refractivity contribution in [2.45, 2.75) is 30.9 Å². The van der Waals surface area contributed by atoms with Crippen molar-refractivity contribution >= 4 is 11.8 Å². The van der Waals surface area contributed by atoms with E-state index >= 15 is 0 Å². The van der Waals surface area contributed by atoms with E-state index in [1.165, 1.54) is 25.7 Å². The Hall–Kier alpha value is 0.350. The first-order chi connectivity index (χ1) is 3.43. The van der Waals surface area contributed by atoms with Gasteiger partial charge in [-0.3, -0.25) is 0 Å². The van der Waals surface area contributed by atoms with Gasteiger partial charge in [0.15, 0.2) is 0 Å². The summed E-state index contributed by atoms with van der Waals surface area (Å²) in [6.45, 7) is 0. The maximum absolute atomic E-state index is 2.27. The summed E-state index contributed by atoms with van der Waals surface area (Å²) in [5.41, 5.74) is 0. The first kappa shape index (κ1) is 5.49. The van der Waals surface area contributed by atoms with Gasteiger partial charge in [0.25, 0.3) is 0 Å². The fourth-order valence-electron chi connectivity index (χ4n) is 1.16. The monoisotopic (exact) mass is 117 g/mol. The summed E-state index contributed by atoms with van der Waals surface area (Å²) in [4.78, 5) is 0. The average Bonchev–Trinajstić information content (AvgIpc) is 2.14. The van der Waals surface area contributed by atoms with Gasteiger partial charge in [-0.05, 0) is 37.4 Å². The summed E-state index contributed by atoms with van der Waals surface area (Å²) in [5, 5.41) is 1.07. The molecule has 0 unspecified atom stereocenters. The van der Waals surface area contributed by atoms with E-state index in [4.69, 9.17) is 0 Å². The number of thiol groups is 1. The van der Waals surface area contributed by atoms with E-state index in [9.17, 15) is 0 Å². The summed E-state index contributed by atoms with van der Waals surface area (Å²) >= 11 is 1.62. The van der Waals surface area contributed by atoms with Crippen LogP contribution >= 0.6 is 0 Å². The predicted molar refractivity (Wildman–Crippen MR) is 36.9 cm³/mol. The lowest BCUT2D eigenvalue weighted by molar-refractivity contribution is 0.886. The molecule has 0 bridgehead atoms. The van der Waals surface area contributed by atoms with E-state index in [-0.39, 0.29) is 0 Å². The van der Waals surface area contributed by atoms with E-state index in [0.717, 1.165) is 5.25 Å². The van der Waals surface area contributed by atoms with Gasteiger partial charge in [-0.15, -0.1) is 0 Å². The average molecular weight is 117 g/mol. The molecular formula is C6H13S+. The van der Waals surface area contributed by atoms with Crippen LogP contribution in [0.25, 0.3) is 0 Å². The topological polar surface area (TPSA) is 0 Å². The van der Waals surface area contributed by atoms with Crippen LogP contribution in [0.15, 0.2) is 0 Å². The molecule has 1 aliphatic carbocycles. The standard InChI is InChI=1S/C6H12S/c1-7-6-4-2-3-5-6/h6H,2-5H2,1H3/p+1. The molecule has 42 valence electrons. The number of hydrogen-bond acceptors (Lipinski definition) is 0. The SMILES string of the molecule is C[SH+]C1CCCC1. The third kappa shape index (κ3) is 1.37. The Morgan fingerprint density at radius 3 is 2.14 bits per heavy atom. The van der Waals surface area contributed by atoms with Gasteiger partial charge in [0.05, 0.1) is 6.26 Å². The molecule has 0 atom stereocenters. The molecular weight excluding hydrogens is 104 g/mol. The largest absolute Gasteiger partial charge is 0.115 e. The Morgan fingerprint density at radius 2 is 1.86 bits per heavy atom. The fourth-order valence-corrected chi connectivity index (χ4v) is 2.04. The highest BCUT2D eigenvalue weighted by molar-refractivity contribution is 7.78. The molecule has 0 aromatic rings. The summed E-state index contributed by atoms with van der Waals surface area (Å²) in [6.07, 6.45) is 8.25. The van der Waals surface area contributed by atoms with Gasteiger partial charge in [-0.1, -0.05) is 0 Å². The Balaban J connectivity index is 2.14. The Kier molecular flexibility index (Phi) is 2.04. The molecule has 0 nitrogen and oxygen atoms in total. The smallest absolute Gasteiger partial charge is 0.0484 e. The Morgan fingerprint density at radius 1 is 1.29 bits per heavy atom. The zero-order valence-corrected chi connectivity index (χ0v) is 5.75. The summed E-state index contributed by atoms with van der Waals surface area (Å²) in [7, 11) is 0. The van der Waals surface area contributed by atoms with E-state index < -0.39 is 0 Å². The number of rotatable bonds is 1. The maximum atomic E-state index is 2.27. The van der Waals surface area contributed by atoms with Gasteiger partial charge in [-0.25, -0.2) is 0 Å². The van der Waals surface area contributed by atoms with Crippen molar-refractivity contribution in [2.75, 3.05) is 6.26 Å². The van der Waals surface area contributed by atoms with Crippen LogP contribution in [0.5, 0.6) is 0 Å². The highest BCUT2D eigenvalue weighted by Gasteiger charge is 2.17. The molecule has 7 heavy (non-hydrogen) atoms. The molecule has 0 radical (unpaired) electrons. The van der Waals surface area contributed by atoms with Crippen LogP contribution < -0.4 is 0 Å². The van der Waals surface area contributed by atoms with E-state index in [1.807, 2.05) is 0 Å². The zero-order valence-electron chi connectivity index (χ0n) is 4.85. The van der Waals surface area contributed by atoms with Crippen LogP contribution in [0.4, 0.5) is 0 Å². The van der Waals surface area contributed by atoms with Crippen molar-refractivity contribution in [2.24, 2.45) is 0 Å². The van der Waals surface area contributed by atoms with E-state index in [0.29, 0.717) is 0 Å². The van der Waals surface area contributed by atoms with Crippen molar-refractivity contribution in [1.29, 1.82) is 0 Å². The second-order valence-electron chi connectivity index (χ2n) is 2.20. The van der Waals surface area contributed by atoms with Crippen LogP contribution in [0.2, 0.25) is 0 Å². The minimum absolute atomic E-state index is 1.07. The molecule has 0 amide bonds. The molecule has 1 fully saturated rings. The van der Waals surface area contributed by atoms with Crippen molar-refractivity contribution in [1.82, 2.24) is 0 Å². The molecule has 0 saturated heterocycles. The molecule has 0 spiro atoms. The van der Waals surface area contributed by atoms with Gasteiger partial charge in [0.1, 0.15) is 5.25 Å². The summed E-state index contributed by atoms with van der Waals surface area (Å²) in [6, 6.07) is 0. The summed E-state index contributed by atoms with van der Waals surface area (Å²) < 4.78 is 0. The zero-order chi connectivity index (χ0) is 5.11. The molecule has 0 heterocycles. The third-order valence-electron chi connectivity index (χ3n) is 1.69. The van der Waals surface area contributed by atoms with Crippen LogP contribution in [0.1, 0.15) is 25.7 Å². The van der Waals surface area contributed by atoms with Gasteiger partial charge in [-0.2, -0.15) is 0 Å². The first-order valence-corrected chi connectivity index (χ1v) is 4.43. The normalized spacial score (nSPS) is 23.6. The molecule has 1 saturated carbocycles. The van der Waals surface area contributed by atoms with Crippen molar-refractivity contribution < 1.29 is 0 Å². The first-order valence-electron chi connectivity index (χ1n) is 3.02. The van der Waals surface area contributed by atoms with Crippen LogP contribution in [0, 0.1) is 0 Å². The highest BCUT2D eigenvalue weighted by Crippen LogP contribution is 2.19. The molecule has 1 rings (SSSR count). The Labute approximate surface area is 49.7 Å². The van der Waals surface area contributed by atoms with Gasteiger partial charge in [0.2, 0.25) is 0 Å². The molecule has 0 aliphatic heterocycles. The maximum Gasteiger partial charge on any atom is 0.115 e. The third-order valence-corrected chi connectivity index (χ3v) is 2.94. The lowest BCUT2D eigenvalue weighted by Crippen LogP contribution is -2.00. The summed E-state index contributed by atoms with van der Waals surface area (Å²) in [5.74, 6) is 0. The predicted octanol–water partition coefficient (Wildman–Crippen LogP) is 1.37. The molecule has 0 aromatic heterocycles. The van der Waals surface area contributed by atoms with Crippen LogP contribution in [0.3, 0.4) is 0 Å². The lowest BCUT2D eigenvalue weighted by Gasteiger charge is -1.90. The van der Waals surface area contributed by atoms with Crippen molar-refractivity contribution in [3.63, 3.8) is 0 Å². The second kappa shape index (κ2) is 2.61. The Bertz CT molecular complexity index is 46.1. The molecule has 1 heteroatoms. The highest BCUT2D eigenvalue weighted by atomic mass is 32.2. The quantitative estimate of drug-likeness (QED) is 0.359. The van der Waals surface area contributed by atoms with E-state index in [1.54, 1.807) is 11.8 Å². The molecule has 0 aromatic carbocycles. The number of hydrogen-bond donors (Lipinski definition) is 0. The van der Waals surface area contributed by atoms with Gasteiger partial charge < -0.3 is 0 Å². The minimum atomic E-state index is 1.07. The van der Waals surface area contributed by atoms with Gasteiger partial charge in [0, 0.05) is 0 Å². The van der Waals surface area contributed by atoms with Crippen LogP contribution in [-0.2, 0) is 11.8 Å². The second-order valence-corrected chi connectivity index (χ2v) is 3.44. The van der Waals surface area contributed by atoms with Crippen molar-refractivity contribution in [3.8, 4) is 0 Å².